The van der Waals surface area contributed by atoms with E-state index < -0.39 is 0 Å². The van der Waals surface area contributed by atoms with Crippen molar-refractivity contribution in [1.82, 2.24) is 10.3 Å². The third-order valence-corrected chi connectivity index (χ3v) is 2.64. The molecule has 90 valence electrons. The molecule has 0 spiro atoms. The van der Waals surface area contributed by atoms with Crippen LogP contribution in [0.15, 0.2) is 30.5 Å². The Labute approximate surface area is 99.7 Å². The summed E-state index contributed by atoms with van der Waals surface area (Å²) in [6.45, 7) is 0.634. The van der Waals surface area contributed by atoms with Crippen LogP contribution in [0.5, 0.6) is 0 Å². The number of rotatable bonds is 5. The molecular weight excluding hydrogens is 216 g/mol. The second-order valence-electron chi connectivity index (χ2n) is 4.00. The van der Waals surface area contributed by atoms with Crippen LogP contribution in [0.25, 0.3) is 10.9 Å². The monoisotopic (exact) mass is 232 g/mol. The molecule has 0 radical (unpaired) electrons. The number of H-pyrrole nitrogens is 1. The van der Waals surface area contributed by atoms with Gasteiger partial charge in [0.25, 0.3) is 0 Å². The van der Waals surface area contributed by atoms with Gasteiger partial charge in [-0.3, -0.25) is 4.79 Å². The van der Waals surface area contributed by atoms with Gasteiger partial charge in [-0.1, -0.05) is 12.1 Å². The maximum absolute atomic E-state index is 11.6. The molecule has 0 saturated carbocycles. The number of benzene rings is 1. The molecule has 0 unspecified atom stereocenters. The summed E-state index contributed by atoms with van der Waals surface area (Å²) in [5.74, 6) is -0.00986. The molecular formula is C13H16N2O2. The second kappa shape index (κ2) is 5.50. The molecule has 0 saturated heterocycles. The highest BCUT2D eigenvalue weighted by molar-refractivity contribution is 5.83. The van der Waals surface area contributed by atoms with Gasteiger partial charge in [-0.2, -0.15) is 0 Å². The molecule has 0 bridgehead atoms. The minimum atomic E-state index is -0.00986. The molecule has 3 N–H and O–H groups in total. The maximum atomic E-state index is 11.6. The average Bonchev–Trinajstić information content (AvgIpc) is 2.76. The third-order valence-electron chi connectivity index (χ3n) is 2.64. The van der Waals surface area contributed by atoms with E-state index in [9.17, 15) is 4.79 Å². The van der Waals surface area contributed by atoms with Gasteiger partial charge in [0.2, 0.25) is 5.91 Å². The first-order valence-corrected chi connectivity index (χ1v) is 5.73. The largest absolute Gasteiger partial charge is 0.396 e. The summed E-state index contributed by atoms with van der Waals surface area (Å²) in [5.41, 5.74) is 2.03. The van der Waals surface area contributed by atoms with Gasteiger partial charge in [-0.25, -0.2) is 0 Å². The minimum absolute atomic E-state index is 0.00986. The summed E-state index contributed by atoms with van der Waals surface area (Å²) in [6.07, 6.45) is 2.86. The lowest BCUT2D eigenvalue weighted by Crippen LogP contribution is -2.26. The summed E-state index contributed by atoms with van der Waals surface area (Å²) in [4.78, 5) is 14.7. The van der Waals surface area contributed by atoms with E-state index in [0.29, 0.717) is 19.4 Å². The van der Waals surface area contributed by atoms with E-state index in [-0.39, 0.29) is 12.5 Å². The Kier molecular flexibility index (Phi) is 3.77. The molecule has 0 atom stereocenters. The van der Waals surface area contributed by atoms with Crippen molar-refractivity contribution in [3.63, 3.8) is 0 Å². The number of carbonyl (C=O) groups is 1. The van der Waals surface area contributed by atoms with E-state index in [4.69, 9.17) is 5.11 Å². The first-order valence-electron chi connectivity index (χ1n) is 5.73. The molecule has 1 amide bonds. The van der Waals surface area contributed by atoms with Crippen molar-refractivity contribution in [3.05, 3.63) is 36.0 Å². The molecule has 2 rings (SSSR count). The fraction of sp³-hybridized carbons (Fsp3) is 0.308. The smallest absolute Gasteiger partial charge is 0.224 e. The fourth-order valence-electron chi connectivity index (χ4n) is 1.76. The van der Waals surface area contributed by atoms with Crippen molar-refractivity contribution in [1.29, 1.82) is 0 Å². The number of carbonyl (C=O) groups excluding carboxylic acids is 1. The molecule has 1 aromatic carbocycles. The zero-order valence-electron chi connectivity index (χ0n) is 9.57. The standard InChI is InChI=1S/C13H16N2O2/c16-7-1-5-15-13(17)9-10-2-3-11-4-6-14-12(11)8-10/h2-4,6,8,14,16H,1,5,7,9H2,(H,15,17). The molecule has 0 fully saturated rings. The van der Waals surface area contributed by atoms with Crippen LogP contribution < -0.4 is 5.32 Å². The number of aliphatic hydroxyl groups excluding tert-OH is 1. The van der Waals surface area contributed by atoms with Crippen molar-refractivity contribution >= 4 is 16.8 Å². The predicted molar refractivity (Wildman–Crippen MR) is 66.7 cm³/mol. The van der Waals surface area contributed by atoms with Gasteiger partial charge < -0.3 is 15.4 Å². The van der Waals surface area contributed by atoms with Crippen LogP contribution in [-0.4, -0.2) is 29.1 Å². The molecule has 17 heavy (non-hydrogen) atoms. The molecule has 0 aliphatic carbocycles. The summed E-state index contributed by atoms with van der Waals surface area (Å²) in [7, 11) is 0. The van der Waals surface area contributed by atoms with Gasteiger partial charge in [0.1, 0.15) is 0 Å². The molecule has 1 heterocycles. The van der Waals surface area contributed by atoms with E-state index in [1.165, 1.54) is 0 Å². The Bertz CT molecular complexity index is 505. The van der Waals surface area contributed by atoms with Crippen LogP contribution in [0.4, 0.5) is 0 Å². The highest BCUT2D eigenvalue weighted by atomic mass is 16.3. The summed E-state index contributed by atoms with van der Waals surface area (Å²) in [5, 5.41) is 12.5. The van der Waals surface area contributed by atoms with Gasteiger partial charge in [-0.05, 0) is 29.5 Å². The average molecular weight is 232 g/mol. The van der Waals surface area contributed by atoms with Crippen LogP contribution in [0.3, 0.4) is 0 Å². The Morgan fingerprint density at radius 1 is 1.35 bits per heavy atom. The Hall–Kier alpha value is -1.81. The van der Waals surface area contributed by atoms with Crippen LogP contribution >= 0.6 is 0 Å². The van der Waals surface area contributed by atoms with Crippen molar-refractivity contribution in [2.45, 2.75) is 12.8 Å². The molecule has 1 aromatic heterocycles. The molecule has 0 aliphatic heterocycles. The summed E-state index contributed by atoms with van der Waals surface area (Å²) < 4.78 is 0. The minimum Gasteiger partial charge on any atom is -0.396 e. The van der Waals surface area contributed by atoms with Gasteiger partial charge in [0.05, 0.1) is 6.42 Å². The number of fused-ring (bicyclic) bond motifs is 1. The molecule has 0 aliphatic rings. The van der Waals surface area contributed by atoms with E-state index in [0.717, 1.165) is 16.5 Å². The second-order valence-corrected chi connectivity index (χ2v) is 4.00. The lowest BCUT2D eigenvalue weighted by molar-refractivity contribution is -0.120. The maximum Gasteiger partial charge on any atom is 0.224 e. The number of nitrogens with one attached hydrogen (secondary N) is 2. The van der Waals surface area contributed by atoms with E-state index in [2.05, 4.69) is 10.3 Å². The predicted octanol–water partition coefficient (Wildman–Crippen LogP) is 1.21. The zero-order valence-corrected chi connectivity index (χ0v) is 9.57. The van der Waals surface area contributed by atoms with E-state index in [1.54, 1.807) is 0 Å². The molecule has 4 nitrogen and oxygen atoms in total. The van der Waals surface area contributed by atoms with Gasteiger partial charge in [0.15, 0.2) is 0 Å². The van der Waals surface area contributed by atoms with Crippen molar-refractivity contribution in [2.75, 3.05) is 13.2 Å². The van der Waals surface area contributed by atoms with Crippen LogP contribution in [0, 0.1) is 0 Å². The van der Waals surface area contributed by atoms with E-state index in [1.807, 2.05) is 30.5 Å². The zero-order chi connectivity index (χ0) is 12.1. The van der Waals surface area contributed by atoms with Gasteiger partial charge in [-0.15, -0.1) is 0 Å². The highest BCUT2D eigenvalue weighted by Crippen LogP contribution is 2.14. The Balaban J connectivity index is 1.95. The Morgan fingerprint density at radius 3 is 3.06 bits per heavy atom. The van der Waals surface area contributed by atoms with Gasteiger partial charge >= 0.3 is 0 Å². The number of hydrogen-bond acceptors (Lipinski definition) is 2. The normalized spacial score (nSPS) is 10.6. The number of amides is 1. The fourth-order valence-corrected chi connectivity index (χ4v) is 1.76. The summed E-state index contributed by atoms with van der Waals surface area (Å²) >= 11 is 0. The molecule has 2 aromatic rings. The lowest BCUT2D eigenvalue weighted by Gasteiger charge is -2.04. The summed E-state index contributed by atoms with van der Waals surface area (Å²) in [6, 6.07) is 7.95. The number of aliphatic hydroxyl groups is 1. The number of hydrogen-bond donors (Lipinski definition) is 3. The number of aromatic nitrogens is 1. The first kappa shape index (κ1) is 11.7. The lowest BCUT2D eigenvalue weighted by atomic mass is 10.1. The first-order chi connectivity index (χ1) is 8.29. The van der Waals surface area contributed by atoms with Crippen LogP contribution in [-0.2, 0) is 11.2 Å². The van der Waals surface area contributed by atoms with Crippen LogP contribution in [0.1, 0.15) is 12.0 Å². The van der Waals surface area contributed by atoms with Gasteiger partial charge in [0, 0.05) is 24.9 Å². The van der Waals surface area contributed by atoms with Crippen molar-refractivity contribution in [2.24, 2.45) is 0 Å². The topological polar surface area (TPSA) is 65.1 Å². The molecule has 4 heteroatoms. The Morgan fingerprint density at radius 2 is 2.24 bits per heavy atom. The van der Waals surface area contributed by atoms with Crippen LogP contribution in [0.2, 0.25) is 0 Å². The third kappa shape index (κ3) is 3.07. The van der Waals surface area contributed by atoms with Crippen molar-refractivity contribution < 1.29 is 9.90 Å². The quantitative estimate of drug-likeness (QED) is 0.678. The SMILES string of the molecule is O=C(Cc1ccc2cc[nH]c2c1)NCCCO. The highest BCUT2D eigenvalue weighted by Gasteiger charge is 2.03. The van der Waals surface area contributed by atoms with Crippen molar-refractivity contribution in [3.8, 4) is 0 Å². The number of aromatic amines is 1. The van der Waals surface area contributed by atoms with E-state index >= 15 is 0 Å².